The highest BCUT2D eigenvalue weighted by Gasteiger charge is 2.37. The zero-order valence-electron chi connectivity index (χ0n) is 9.90. The first-order valence-electron chi connectivity index (χ1n) is 5.86. The summed E-state index contributed by atoms with van der Waals surface area (Å²) in [6, 6.07) is 7.95. The summed E-state index contributed by atoms with van der Waals surface area (Å²) < 4.78 is 5.09. The third-order valence-corrected chi connectivity index (χ3v) is 3.34. The molecule has 0 saturated heterocycles. The van der Waals surface area contributed by atoms with Crippen LogP contribution in [-0.2, 0) is 11.2 Å². The summed E-state index contributed by atoms with van der Waals surface area (Å²) in [5.41, 5.74) is 1.21. The summed E-state index contributed by atoms with van der Waals surface area (Å²) in [5.74, 6) is 2.29. The summed E-state index contributed by atoms with van der Waals surface area (Å²) in [7, 11) is 1.66. The lowest BCUT2D eigenvalue weighted by molar-refractivity contribution is -0.120. The van der Waals surface area contributed by atoms with Gasteiger partial charge in [0.25, 0.3) is 0 Å². The van der Waals surface area contributed by atoms with Gasteiger partial charge in [-0.15, -0.1) is 0 Å². The molecule has 0 bridgehead atoms. The fourth-order valence-corrected chi connectivity index (χ4v) is 2.02. The molecule has 0 heterocycles. The Morgan fingerprint density at radius 2 is 2.00 bits per heavy atom. The van der Waals surface area contributed by atoms with E-state index in [9.17, 15) is 4.79 Å². The Balaban J connectivity index is 1.82. The number of ketones is 1. The van der Waals surface area contributed by atoms with Crippen LogP contribution in [0.15, 0.2) is 24.3 Å². The lowest BCUT2D eigenvalue weighted by Crippen LogP contribution is -2.03. The van der Waals surface area contributed by atoms with Gasteiger partial charge in [-0.2, -0.15) is 0 Å². The number of hydrogen-bond donors (Lipinski definition) is 0. The third kappa shape index (κ3) is 2.63. The number of benzene rings is 1. The maximum Gasteiger partial charge on any atom is 0.136 e. The molecule has 0 radical (unpaired) electrons. The van der Waals surface area contributed by atoms with E-state index >= 15 is 0 Å². The molecule has 1 aromatic carbocycles. The van der Waals surface area contributed by atoms with Gasteiger partial charge in [0.05, 0.1) is 7.11 Å². The van der Waals surface area contributed by atoms with Crippen LogP contribution in [0.4, 0.5) is 0 Å². The third-order valence-electron chi connectivity index (χ3n) is 3.34. The van der Waals surface area contributed by atoms with Gasteiger partial charge in [-0.3, -0.25) is 4.79 Å². The molecule has 1 aliphatic rings. The second kappa shape index (κ2) is 4.69. The Morgan fingerprint density at radius 1 is 1.38 bits per heavy atom. The molecule has 1 aliphatic carbocycles. The Hall–Kier alpha value is -1.31. The molecule has 1 aromatic rings. The summed E-state index contributed by atoms with van der Waals surface area (Å²) in [4.78, 5) is 11.7. The lowest BCUT2D eigenvalue weighted by Gasteiger charge is -2.03. The second-order valence-electron chi connectivity index (χ2n) is 4.63. The van der Waals surface area contributed by atoms with Crippen LogP contribution in [0.3, 0.4) is 0 Å². The van der Waals surface area contributed by atoms with Gasteiger partial charge < -0.3 is 4.74 Å². The SMILES string of the molecule is COc1ccc(CCC(=O)C2CC2C)cc1. The quantitative estimate of drug-likeness (QED) is 0.759. The molecule has 1 fully saturated rings. The van der Waals surface area contributed by atoms with Crippen LogP contribution in [-0.4, -0.2) is 12.9 Å². The van der Waals surface area contributed by atoms with Crippen LogP contribution in [0.2, 0.25) is 0 Å². The molecule has 0 aliphatic heterocycles. The topological polar surface area (TPSA) is 26.3 Å². The minimum absolute atomic E-state index is 0.359. The van der Waals surface area contributed by atoms with Gasteiger partial charge in [0.2, 0.25) is 0 Å². The van der Waals surface area contributed by atoms with Crippen molar-refractivity contribution in [1.29, 1.82) is 0 Å². The highest BCUT2D eigenvalue weighted by atomic mass is 16.5. The van der Waals surface area contributed by atoms with Gasteiger partial charge in [0.15, 0.2) is 0 Å². The summed E-state index contributed by atoms with van der Waals surface area (Å²) in [6.45, 7) is 2.15. The first-order valence-corrected chi connectivity index (χ1v) is 5.86. The zero-order chi connectivity index (χ0) is 11.5. The normalized spacial score (nSPS) is 22.9. The summed E-state index contributed by atoms with van der Waals surface area (Å²) in [6.07, 6.45) is 2.63. The molecular weight excluding hydrogens is 200 g/mol. The van der Waals surface area contributed by atoms with Crippen molar-refractivity contribution in [3.05, 3.63) is 29.8 Å². The molecule has 2 rings (SSSR count). The number of aryl methyl sites for hydroxylation is 1. The number of Topliss-reactive ketones (excluding diaryl/α,β-unsaturated/α-hetero) is 1. The molecule has 16 heavy (non-hydrogen) atoms. The van der Waals surface area contributed by atoms with Crippen molar-refractivity contribution in [2.45, 2.75) is 26.2 Å². The highest BCUT2D eigenvalue weighted by Crippen LogP contribution is 2.39. The maximum absolute atomic E-state index is 11.7. The van der Waals surface area contributed by atoms with E-state index < -0.39 is 0 Å². The first kappa shape index (κ1) is 11.2. The Morgan fingerprint density at radius 3 is 2.50 bits per heavy atom. The van der Waals surface area contributed by atoms with Gasteiger partial charge in [0.1, 0.15) is 11.5 Å². The van der Waals surface area contributed by atoms with Crippen molar-refractivity contribution in [2.75, 3.05) is 7.11 Å². The van der Waals surface area contributed by atoms with E-state index in [-0.39, 0.29) is 0 Å². The van der Waals surface area contributed by atoms with Crippen molar-refractivity contribution in [2.24, 2.45) is 11.8 Å². The number of rotatable bonds is 5. The first-order chi connectivity index (χ1) is 7.70. The minimum atomic E-state index is 0.359. The number of methoxy groups -OCH3 is 1. The van der Waals surface area contributed by atoms with Gasteiger partial charge in [-0.25, -0.2) is 0 Å². The van der Waals surface area contributed by atoms with E-state index in [4.69, 9.17) is 4.74 Å². The molecule has 0 amide bonds. The number of ether oxygens (including phenoxy) is 1. The fraction of sp³-hybridized carbons (Fsp3) is 0.500. The predicted octanol–water partition coefficient (Wildman–Crippen LogP) is 2.85. The average molecular weight is 218 g/mol. The summed E-state index contributed by atoms with van der Waals surface area (Å²) in [5, 5.41) is 0. The van der Waals surface area contributed by atoms with Crippen LogP contribution in [0.5, 0.6) is 5.75 Å². The Bertz CT molecular complexity index is 367. The van der Waals surface area contributed by atoms with E-state index in [0.717, 1.165) is 18.6 Å². The molecule has 86 valence electrons. The molecule has 2 nitrogen and oxygen atoms in total. The number of carbonyl (C=O) groups is 1. The van der Waals surface area contributed by atoms with Gasteiger partial charge in [0, 0.05) is 12.3 Å². The van der Waals surface area contributed by atoms with Crippen molar-refractivity contribution < 1.29 is 9.53 Å². The second-order valence-corrected chi connectivity index (χ2v) is 4.63. The van der Waals surface area contributed by atoms with Gasteiger partial charge in [-0.1, -0.05) is 19.1 Å². The predicted molar refractivity (Wildman–Crippen MR) is 63.6 cm³/mol. The standard InChI is InChI=1S/C14H18O2/c1-10-9-13(10)14(15)8-5-11-3-6-12(16-2)7-4-11/h3-4,6-7,10,13H,5,8-9H2,1-2H3. The number of carbonyl (C=O) groups excluding carboxylic acids is 1. The zero-order valence-corrected chi connectivity index (χ0v) is 9.90. The fourth-order valence-electron chi connectivity index (χ4n) is 2.02. The average Bonchev–Trinajstić information content (AvgIpc) is 3.04. The minimum Gasteiger partial charge on any atom is -0.497 e. The van der Waals surface area contributed by atoms with Crippen LogP contribution >= 0.6 is 0 Å². The molecule has 2 heteroatoms. The molecule has 1 saturated carbocycles. The molecular formula is C14H18O2. The van der Waals surface area contributed by atoms with E-state index in [0.29, 0.717) is 24.0 Å². The maximum atomic E-state index is 11.7. The highest BCUT2D eigenvalue weighted by molar-refractivity contribution is 5.83. The van der Waals surface area contributed by atoms with Crippen molar-refractivity contribution >= 4 is 5.78 Å². The Kier molecular flexibility index (Phi) is 3.28. The smallest absolute Gasteiger partial charge is 0.136 e. The van der Waals surface area contributed by atoms with Crippen LogP contribution < -0.4 is 4.74 Å². The van der Waals surface area contributed by atoms with E-state index in [1.165, 1.54) is 5.56 Å². The van der Waals surface area contributed by atoms with Crippen molar-refractivity contribution in [3.8, 4) is 5.75 Å². The van der Waals surface area contributed by atoms with Crippen molar-refractivity contribution in [3.63, 3.8) is 0 Å². The van der Waals surface area contributed by atoms with Crippen LogP contribution in [0, 0.1) is 11.8 Å². The molecule has 2 unspecified atom stereocenters. The molecule has 0 N–H and O–H groups in total. The van der Waals surface area contributed by atoms with E-state index in [1.807, 2.05) is 24.3 Å². The Labute approximate surface area is 96.6 Å². The van der Waals surface area contributed by atoms with Crippen molar-refractivity contribution in [1.82, 2.24) is 0 Å². The number of hydrogen-bond acceptors (Lipinski definition) is 2. The summed E-state index contributed by atoms with van der Waals surface area (Å²) >= 11 is 0. The lowest BCUT2D eigenvalue weighted by atomic mass is 10.0. The molecule has 0 aromatic heterocycles. The van der Waals surface area contributed by atoms with Crippen LogP contribution in [0.1, 0.15) is 25.3 Å². The molecule has 0 spiro atoms. The van der Waals surface area contributed by atoms with Gasteiger partial charge >= 0.3 is 0 Å². The van der Waals surface area contributed by atoms with E-state index in [2.05, 4.69) is 6.92 Å². The van der Waals surface area contributed by atoms with Crippen LogP contribution in [0.25, 0.3) is 0 Å². The van der Waals surface area contributed by atoms with E-state index in [1.54, 1.807) is 7.11 Å². The monoisotopic (exact) mass is 218 g/mol. The molecule has 2 atom stereocenters. The van der Waals surface area contributed by atoms with Gasteiger partial charge in [-0.05, 0) is 36.5 Å². The largest absolute Gasteiger partial charge is 0.497 e.